The summed E-state index contributed by atoms with van der Waals surface area (Å²) in [6.45, 7) is 8.58. The first-order valence-corrected chi connectivity index (χ1v) is 8.75. The number of nitrogens with zero attached hydrogens (tertiary/aromatic N) is 1. The van der Waals surface area contributed by atoms with Crippen molar-refractivity contribution in [2.24, 2.45) is 5.10 Å². The number of ether oxygens (including phenoxy) is 1. The van der Waals surface area contributed by atoms with Crippen molar-refractivity contribution in [3.8, 4) is 5.75 Å². The van der Waals surface area contributed by atoms with E-state index < -0.39 is 11.8 Å². The molecule has 0 spiro atoms. The van der Waals surface area contributed by atoms with E-state index in [1.165, 1.54) is 6.21 Å². The van der Waals surface area contributed by atoms with Gasteiger partial charge >= 0.3 is 11.8 Å². The van der Waals surface area contributed by atoms with Crippen molar-refractivity contribution in [2.45, 2.75) is 57.7 Å². The number of nitrogens with one attached hydrogen (secondary N) is 2. The van der Waals surface area contributed by atoms with Crippen molar-refractivity contribution >= 4 is 18.0 Å². The molecule has 1 aliphatic rings. The summed E-state index contributed by atoms with van der Waals surface area (Å²) in [5.74, 6) is -0.684. The van der Waals surface area contributed by atoms with Gasteiger partial charge in [0.1, 0.15) is 5.75 Å². The number of methoxy groups -OCH3 is 1. The van der Waals surface area contributed by atoms with Gasteiger partial charge in [-0.25, -0.2) is 5.43 Å². The maximum atomic E-state index is 12.1. The Labute approximate surface area is 154 Å². The van der Waals surface area contributed by atoms with Gasteiger partial charge in [-0.2, -0.15) is 5.10 Å². The van der Waals surface area contributed by atoms with Crippen LogP contribution < -0.4 is 20.8 Å². The van der Waals surface area contributed by atoms with Crippen LogP contribution in [0.1, 0.15) is 46.1 Å². The summed E-state index contributed by atoms with van der Waals surface area (Å²) in [7, 11) is 1.59. The predicted octanol–water partition coefficient (Wildman–Crippen LogP) is 0.545. The first kappa shape index (κ1) is 19.9. The number of carbonyl (C=O) groups is 2. The number of nitrogens with two attached hydrogens (primary N) is 1. The number of benzene rings is 1. The number of hydrogen-bond acceptors (Lipinski definition) is 4. The molecule has 2 rings (SSSR count). The second-order valence-corrected chi connectivity index (χ2v) is 8.17. The van der Waals surface area contributed by atoms with Gasteiger partial charge in [0.05, 0.1) is 24.4 Å². The lowest BCUT2D eigenvalue weighted by Crippen LogP contribution is -3.06. The molecule has 1 aromatic rings. The number of carbonyl (C=O) groups excluding carboxylic acids is 2. The predicted molar refractivity (Wildman–Crippen MR) is 100.0 cm³/mol. The van der Waals surface area contributed by atoms with Crippen LogP contribution in [0.15, 0.2) is 29.4 Å². The molecule has 0 saturated carbocycles. The van der Waals surface area contributed by atoms with E-state index in [0.717, 1.165) is 24.2 Å². The molecule has 1 fully saturated rings. The molecule has 0 radical (unpaired) electrons. The Bertz CT molecular complexity index is 665. The molecule has 2 amide bonds. The van der Waals surface area contributed by atoms with E-state index in [1.54, 1.807) is 31.4 Å². The van der Waals surface area contributed by atoms with Crippen LogP contribution in [0.5, 0.6) is 5.75 Å². The smallest absolute Gasteiger partial charge is 0.329 e. The lowest BCUT2D eigenvalue weighted by Gasteiger charge is -2.43. The fraction of sp³-hybridized carbons (Fsp3) is 0.526. The van der Waals surface area contributed by atoms with Gasteiger partial charge in [0, 0.05) is 18.9 Å². The molecule has 0 atom stereocenters. The molecule has 0 unspecified atom stereocenters. The normalized spacial score (nSPS) is 19.1. The second-order valence-electron chi connectivity index (χ2n) is 8.17. The number of piperidine rings is 1. The zero-order chi connectivity index (χ0) is 19.4. The van der Waals surface area contributed by atoms with E-state index in [4.69, 9.17) is 4.74 Å². The molecule has 1 aromatic carbocycles. The van der Waals surface area contributed by atoms with E-state index in [2.05, 4.69) is 48.9 Å². The summed E-state index contributed by atoms with van der Waals surface area (Å²) >= 11 is 0. The quantitative estimate of drug-likeness (QED) is 0.415. The zero-order valence-electron chi connectivity index (χ0n) is 16.1. The Morgan fingerprint density at radius 3 is 2.23 bits per heavy atom. The number of quaternary nitrogens is 1. The lowest BCUT2D eigenvalue weighted by molar-refractivity contribution is -0.787. The Morgan fingerprint density at radius 1 is 1.12 bits per heavy atom. The lowest BCUT2D eigenvalue weighted by atomic mass is 9.79. The Hall–Kier alpha value is -2.41. The molecular formula is C19H29N4O3+. The molecule has 0 aliphatic carbocycles. The monoisotopic (exact) mass is 361 g/mol. The highest BCUT2D eigenvalue weighted by Crippen LogP contribution is 2.21. The zero-order valence-corrected chi connectivity index (χ0v) is 16.1. The van der Waals surface area contributed by atoms with E-state index in [1.807, 2.05) is 0 Å². The average Bonchev–Trinajstić information content (AvgIpc) is 2.52. The van der Waals surface area contributed by atoms with E-state index >= 15 is 0 Å². The SMILES string of the molecule is COc1ccc(/C=N\NC(=O)C(=O)NC2CC(C)(C)[NH2+]C(C)(C)C2)cc1. The summed E-state index contributed by atoms with van der Waals surface area (Å²) in [5.41, 5.74) is 3.09. The summed E-state index contributed by atoms with van der Waals surface area (Å²) in [4.78, 5) is 24.1. The Kier molecular flexibility index (Phi) is 6.02. The van der Waals surface area contributed by atoms with Crippen LogP contribution in [0.25, 0.3) is 0 Å². The molecule has 142 valence electrons. The molecule has 1 saturated heterocycles. The van der Waals surface area contributed by atoms with Crippen LogP contribution in [0.2, 0.25) is 0 Å². The average molecular weight is 361 g/mol. The van der Waals surface area contributed by atoms with Crippen LogP contribution >= 0.6 is 0 Å². The molecular weight excluding hydrogens is 332 g/mol. The standard InChI is InChI=1S/C19H28N4O3/c1-18(2)10-14(11-19(3,4)23-18)21-16(24)17(25)22-20-12-13-6-8-15(26-5)9-7-13/h6-9,12,14,23H,10-11H2,1-5H3,(H,21,24)(H,22,25)/p+1/b20-12-. The van der Waals surface area contributed by atoms with Crippen molar-refractivity contribution < 1.29 is 19.6 Å². The van der Waals surface area contributed by atoms with Gasteiger partial charge in [0.25, 0.3) is 0 Å². The van der Waals surface area contributed by atoms with Gasteiger partial charge < -0.3 is 15.4 Å². The van der Waals surface area contributed by atoms with Crippen LogP contribution in [-0.2, 0) is 9.59 Å². The van der Waals surface area contributed by atoms with Crippen molar-refractivity contribution in [1.82, 2.24) is 10.7 Å². The molecule has 0 bridgehead atoms. The molecule has 1 heterocycles. The van der Waals surface area contributed by atoms with Crippen molar-refractivity contribution in [1.29, 1.82) is 0 Å². The van der Waals surface area contributed by atoms with Gasteiger partial charge in [0.2, 0.25) is 0 Å². The molecule has 7 heteroatoms. The van der Waals surface area contributed by atoms with Crippen LogP contribution in [0.4, 0.5) is 0 Å². The highest BCUT2D eigenvalue weighted by molar-refractivity contribution is 6.35. The topological polar surface area (TPSA) is 96.4 Å². The van der Waals surface area contributed by atoms with Crippen molar-refractivity contribution in [2.75, 3.05) is 7.11 Å². The summed E-state index contributed by atoms with van der Waals surface area (Å²) < 4.78 is 5.08. The van der Waals surface area contributed by atoms with Crippen molar-refractivity contribution in [3.63, 3.8) is 0 Å². The highest BCUT2D eigenvalue weighted by atomic mass is 16.5. The van der Waals surface area contributed by atoms with E-state index in [0.29, 0.717) is 0 Å². The Morgan fingerprint density at radius 2 is 1.69 bits per heavy atom. The summed E-state index contributed by atoms with van der Waals surface area (Å²) in [6.07, 6.45) is 3.10. The van der Waals surface area contributed by atoms with Crippen LogP contribution in [0.3, 0.4) is 0 Å². The van der Waals surface area contributed by atoms with E-state index in [-0.39, 0.29) is 17.1 Å². The first-order chi connectivity index (χ1) is 12.1. The fourth-order valence-electron chi connectivity index (χ4n) is 3.78. The maximum Gasteiger partial charge on any atom is 0.329 e. The first-order valence-electron chi connectivity index (χ1n) is 8.75. The third-order valence-corrected chi connectivity index (χ3v) is 4.36. The van der Waals surface area contributed by atoms with Gasteiger partial charge in [-0.3, -0.25) is 9.59 Å². The van der Waals surface area contributed by atoms with Crippen LogP contribution in [0, 0.1) is 0 Å². The molecule has 1 aliphatic heterocycles. The van der Waals surface area contributed by atoms with Gasteiger partial charge in [-0.1, -0.05) is 0 Å². The van der Waals surface area contributed by atoms with Crippen LogP contribution in [-0.4, -0.2) is 42.3 Å². The number of rotatable bonds is 4. The minimum absolute atomic E-state index is 0.0166. The van der Waals surface area contributed by atoms with E-state index in [9.17, 15) is 9.59 Å². The summed E-state index contributed by atoms with van der Waals surface area (Å²) in [6, 6.07) is 7.15. The molecule has 4 N–H and O–H groups in total. The largest absolute Gasteiger partial charge is 0.497 e. The van der Waals surface area contributed by atoms with Gasteiger partial charge in [-0.05, 0) is 57.5 Å². The second kappa shape index (κ2) is 7.86. The minimum atomic E-state index is -0.764. The number of hydrogen-bond donors (Lipinski definition) is 3. The minimum Gasteiger partial charge on any atom is -0.497 e. The molecule has 26 heavy (non-hydrogen) atoms. The van der Waals surface area contributed by atoms with Gasteiger partial charge in [-0.15, -0.1) is 0 Å². The Balaban J connectivity index is 1.87. The number of hydrazone groups is 1. The highest BCUT2D eigenvalue weighted by Gasteiger charge is 2.42. The number of amides is 2. The molecule has 7 nitrogen and oxygen atoms in total. The van der Waals surface area contributed by atoms with Gasteiger partial charge in [0.15, 0.2) is 0 Å². The maximum absolute atomic E-state index is 12.1. The third-order valence-electron chi connectivity index (χ3n) is 4.36. The third kappa shape index (κ3) is 5.84. The molecule has 0 aromatic heterocycles. The summed E-state index contributed by atoms with van der Waals surface area (Å²) in [5, 5.41) is 8.99. The van der Waals surface area contributed by atoms with Crippen molar-refractivity contribution in [3.05, 3.63) is 29.8 Å². The fourth-order valence-corrected chi connectivity index (χ4v) is 3.78.